The van der Waals surface area contributed by atoms with E-state index in [0.717, 1.165) is 25.8 Å². The standard InChI is InChI=1S/C15H28N2O2/c1-6-9-16-13-10-11(2)7-8-12(13)17-14(18)19-15(3,4)5/h7,12-13,16H,6,8-10H2,1-5H3,(H,17,18)/t12?,13-/m0/s1. The van der Waals surface area contributed by atoms with Crippen molar-refractivity contribution in [3.8, 4) is 0 Å². The van der Waals surface area contributed by atoms with Crippen LogP contribution in [0.5, 0.6) is 0 Å². The van der Waals surface area contributed by atoms with Crippen LogP contribution in [-0.4, -0.2) is 30.3 Å². The predicted octanol–water partition coefficient (Wildman–Crippen LogP) is 2.99. The smallest absolute Gasteiger partial charge is 0.407 e. The number of hydrogen-bond donors (Lipinski definition) is 2. The highest BCUT2D eigenvalue weighted by molar-refractivity contribution is 5.68. The Morgan fingerprint density at radius 1 is 1.42 bits per heavy atom. The molecular formula is C15H28N2O2. The number of carbonyl (C=O) groups is 1. The third kappa shape index (κ3) is 6.10. The van der Waals surface area contributed by atoms with Crippen LogP contribution in [0.25, 0.3) is 0 Å². The van der Waals surface area contributed by atoms with Gasteiger partial charge in [0.05, 0.1) is 6.04 Å². The maximum absolute atomic E-state index is 11.8. The molecule has 0 saturated heterocycles. The summed E-state index contributed by atoms with van der Waals surface area (Å²) in [7, 11) is 0. The summed E-state index contributed by atoms with van der Waals surface area (Å²) in [4.78, 5) is 11.8. The van der Waals surface area contributed by atoms with Crippen molar-refractivity contribution >= 4 is 6.09 Å². The van der Waals surface area contributed by atoms with Gasteiger partial charge in [-0.05, 0) is 53.5 Å². The average Bonchev–Trinajstić information content (AvgIpc) is 2.27. The van der Waals surface area contributed by atoms with E-state index in [-0.39, 0.29) is 12.1 Å². The number of nitrogens with one attached hydrogen (secondary N) is 2. The monoisotopic (exact) mass is 268 g/mol. The Morgan fingerprint density at radius 3 is 2.68 bits per heavy atom. The Morgan fingerprint density at radius 2 is 2.11 bits per heavy atom. The quantitative estimate of drug-likeness (QED) is 0.771. The zero-order valence-corrected chi connectivity index (χ0v) is 12.9. The molecule has 110 valence electrons. The first-order valence-corrected chi connectivity index (χ1v) is 7.20. The van der Waals surface area contributed by atoms with E-state index in [9.17, 15) is 4.79 Å². The van der Waals surface area contributed by atoms with Crippen molar-refractivity contribution in [2.45, 2.75) is 71.6 Å². The van der Waals surface area contributed by atoms with Crippen LogP contribution in [0.3, 0.4) is 0 Å². The fourth-order valence-corrected chi connectivity index (χ4v) is 2.23. The second kappa shape index (κ2) is 6.94. The lowest BCUT2D eigenvalue weighted by molar-refractivity contribution is 0.0491. The fourth-order valence-electron chi connectivity index (χ4n) is 2.23. The largest absolute Gasteiger partial charge is 0.444 e. The number of carbonyl (C=O) groups excluding carboxylic acids is 1. The van der Waals surface area contributed by atoms with Crippen molar-refractivity contribution < 1.29 is 9.53 Å². The molecule has 1 aliphatic carbocycles. The van der Waals surface area contributed by atoms with Crippen LogP contribution in [0.1, 0.15) is 53.9 Å². The molecular weight excluding hydrogens is 240 g/mol. The molecule has 1 amide bonds. The first-order valence-electron chi connectivity index (χ1n) is 7.20. The molecule has 2 atom stereocenters. The van der Waals surface area contributed by atoms with Gasteiger partial charge in [0.25, 0.3) is 0 Å². The summed E-state index contributed by atoms with van der Waals surface area (Å²) in [5.74, 6) is 0. The summed E-state index contributed by atoms with van der Waals surface area (Å²) in [6.45, 7) is 10.9. The Labute approximate surface area is 117 Å². The van der Waals surface area contributed by atoms with Crippen molar-refractivity contribution in [2.24, 2.45) is 0 Å². The van der Waals surface area contributed by atoms with E-state index in [4.69, 9.17) is 4.74 Å². The lowest BCUT2D eigenvalue weighted by Crippen LogP contribution is -2.52. The first-order chi connectivity index (χ1) is 8.81. The van der Waals surface area contributed by atoms with Crippen LogP contribution in [0.2, 0.25) is 0 Å². The Kier molecular flexibility index (Phi) is 5.85. The highest BCUT2D eigenvalue weighted by Crippen LogP contribution is 2.19. The van der Waals surface area contributed by atoms with Crippen molar-refractivity contribution in [3.05, 3.63) is 11.6 Å². The van der Waals surface area contributed by atoms with Crippen LogP contribution in [0, 0.1) is 0 Å². The minimum absolute atomic E-state index is 0.116. The highest BCUT2D eigenvalue weighted by Gasteiger charge is 2.27. The molecule has 1 rings (SSSR count). The molecule has 0 saturated carbocycles. The van der Waals surface area contributed by atoms with Crippen molar-refractivity contribution in [2.75, 3.05) is 6.54 Å². The van der Waals surface area contributed by atoms with E-state index >= 15 is 0 Å². The van der Waals surface area contributed by atoms with E-state index in [1.807, 2.05) is 20.8 Å². The van der Waals surface area contributed by atoms with Crippen molar-refractivity contribution in [1.29, 1.82) is 0 Å². The zero-order chi connectivity index (χ0) is 14.5. The summed E-state index contributed by atoms with van der Waals surface area (Å²) in [6.07, 6.45) is 4.83. The summed E-state index contributed by atoms with van der Waals surface area (Å²) in [6, 6.07) is 0.419. The SMILES string of the molecule is CCCN[C@H]1CC(C)=CCC1NC(=O)OC(C)(C)C. The van der Waals surface area contributed by atoms with E-state index in [1.165, 1.54) is 5.57 Å². The Hall–Kier alpha value is -1.03. The van der Waals surface area contributed by atoms with Gasteiger partial charge < -0.3 is 15.4 Å². The molecule has 0 aliphatic heterocycles. The minimum atomic E-state index is -0.448. The molecule has 2 N–H and O–H groups in total. The molecule has 0 heterocycles. The third-order valence-electron chi connectivity index (χ3n) is 3.11. The van der Waals surface area contributed by atoms with Gasteiger partial charge in [-0.1, -0.05) is 18.6 Å². The fraction of sp³-hybridized carbons (Fsp3) is 0.800. The maximum atomic E-state index is 11.8. The second-order valence-corrected chi connectivity index (χ2v) is 6.30. The first kappa shape index (κ1) is 16.0. The van der Waals surface area contributed by atoms with Crippen LogP contribution in [0.4, 0.5) is 4.79 Å². The Balaban J connectivity index is 2.55. The van der Waals surface area contributed by atoms with Gasteiger partial charge >= 0.3 is 6.09 Å². The summed E-state index contributed by atoms with van der Waals surface area (Å²) < 4.78 is 5.32. The molecule has 0 radical (unpaired) electrons. The van der Waals surface area contributed by atoms with Crippen LogP contribution in [0.15, 0.2) is 11.6 Å². The maximum Gasteiger partial charge on any atom is 0.407 e. The lowest BCUT2D eigenvalue weighted by atomic mass is 9.91. The van der Waals surface area contributed by atoms with Gasteiger partial charge in [0.1, 0.15) is 5.60 Å². The number of hydrogen-bond acceptors (Lipinski definition) is 3. The molecule has 4 nitrogen and oxygen atoms in total. The molecule has 19 heavy (non-hydrogen) atoms. The van der Waals surface area contributed by atoms with E-state index in [2.05, 4.69) is 30.6 Å². The van der Waals surface area contributed by atoms with Crippen LogP contribution >= 0.6 is 0 Å². The molecule has 0 spiro atoms. The number of ether oxygens (including phenoxy) is 1. The summed E-state index contributed by atoms with van der Waals surface area (Å²) in [5.41, 5.74) is 0.937. The number of rotatable bonds is 4. The van der Waals surface area contributed by atoms with Crippen molar-refractivity contribution in [1.82, 2.24) is 10.6 Å². The molecule has 4 heteroatoms. The van der Waals surface area contributed by atoms with Gasteiger partial charge in [0, 0.05) is 6.04 Å². The molecule has 0 aromatic rings. The van der Waals surface area contributed by atoms with Crippen LogP contribution in [-0.2, 0) is 4.74 Å². The summed E-state index contributed by atoms with van der Waals surface area (Å²) >= 11 is 0. The van der Waals surface area contributed by atoms with E-state index < -0.39 is 5.60 Å². The van der Waals surface area contributed by atoms with Crippen LogP contribution < -0.4 is 10.6 Å². The van der Waals surface area contributed by atoms with Gasteiger partial charge in [-0.3, -0.25) is 0 Å². The van der Waals surface area contributed by atoms with E-state index in [1.54, 1.807) is 0 Å². The van der Waals surface area contributed by atoms with Gasteiger partial charge in [-0.15, -0.1) is 0 Å². The molecule has 0 bridgehead atoms. The van der Waals surface area contributed by atoms with Gasteiger partial charge in [0.2, 0.25) is 0 Å². The number of alkyl carbamates (subject to hydrolysis) is 1. The van der Waals surface area contributed by atoms with E-state index in [0.29, 0.717) is 6.04 Å². The molecule has 0 aromatic carbocycles. The second-order valence-electron chi connectivity index (χ2n) is 6.30. The molecule has 1 unspecified atom stereocenters. The molecule has 1 aliphatic rings. The topological polar surface area (TPSA) is 50.4 Å². The minimum Gasteiger partial charge on any atom is -0.444 e. The average molecular weight is 268 g/mol. The lowest BCUT2D eigenvalue weighted by Gasteiger charge is -2.32. The number of amides is 1. The van der Waals surface area contributed by atoms with Gasteiger partial charge in [-0.2, -0.15) is 0 Å². The molecule has 0 fully saturated rings. The third-order valence-corrected chi connectivity index (χ3v) is 3.11. The normalized spacial score (nSPS) is 23.7. The van der Waals surface area contributed by atoms with Crippen molar-refractivity contribution in [3.63, 3.8) is 0 Å². The Bertz CT molecular complexity index is 332. The zero-order valence-electron chi connectivity index (χ0n) is 12.9. The highest BCUT2D eigenvalue weighted by atomic mass is 16.6. The van der Waals surface area contributed by atoms with Gasteiger partial charge in [-0.25, -0.2) is 4.79 Å². The molecule has 0 aromatic heterocycles. The predicted molar refractivity (Wildman–Crippen MR) is 78.2 cm³/mol. The summed E-state index contributed by atoms with van der Waals surface area (Å²) in [5, 5.41) is 6.50. The van der Waals surface area contributed by atoms with Gasteiger partial charge in [0.15, 0.2) is 0 Å².